The summed E-state index contributed by atoms with van der Waals surface area (Å²) in [5.74, 6) is 2.10. The van der Waals surface area contributed by atoms with Crippen LogP contribution >= 0.6 is 0 Å². The zero-order valence-corrected chi connectivity index (χ0v) is 11.5. The second kappa shape index (κ2) is 5.83. The minimum absolute atomic E-state index is 0.235. The Morgan fingerprint density at radius 3 is 2.67 bits per heavy atom. The third-order valence-electron chi connectivity index (χ3n) is 3.99. The Kier molecular flexibility index (Phi) is 4.38. The van der Waals surface area contributed by atoms with Crippen molar-refractivity contribution in [2.45, 2.75) is 64.7 Å². The lowest BCUT2D eigenvalue weighted by Gasteiger charge is -2.32. The normalized spacial score (nSPS) is 20.2. The van der Waals surface area contributed by atoms with Crippen molar-refractivity contribution in [1.29, 1.82) is 0 Å². The summed E-state index contributed by atoms with van der Waals surface area (Å²) in [6.45, 7) is 4.90. The van der Waals surface area contributed by atoms with Gasteiger partial charge in [0, 0.05) is 18.9 Å². The lowest BCUT2D eigenvalue weighted by molar-refractivity contribution is 0.218. The van der Waals surface area contributed by atoms with Crippen LogP contribution in [0.1, 0.15) is 70.0 Å². The average molecular weight is 252 g/mol. The summed E-state index contributed by atoms with van der Waals surface area (Å²) in [4.78, 5) is 4.49. The van der Waals surface area contributed by atoms with Gasteiger partial charge in [-0.15, -0.1) is 0 Å². The van der Waals surface area contributed by atoms with Crippen LogP contribution in [0.25, 0.3) is 0 Å². The van der Waals surface area contributed by atoms with Crippen molar-refractivity contribution < 1.29 is 9.63 Å². The highest BCUT2D eigenvalue weighted by atomic mass is 16.5. The van der Waals surface area contributed by atoms with Gasteiger partial charge in [-0.05, 0) is 43.9 Å². The van der Waals surface area contributed by atoms with Crippen molar-refractivity contribution in [2.75, 3.05) is 6.61 Å². The molecule has 0 amide bonds. The van der Waals surface area contributed by atoms with E-state index in [2.05, 4.69) is 24.0 Å². The molecule has 1 fully saturated rings. The van der Waals surface area contributed by atoms with Crippen molar-refractivity contribution in [1.82, 2.24) is 10.1 Å². The first-order valence-electron chi connectivity index (χ1n) is 7.04. The highest BCUT2D eigenvalue weighted by molar-refractivity contribution is 4.99. The molecule has 0 spiro atoms. The Balaban J connectivity index is 1.86. The predicted molar refractivity (Wildman–Crippen MR) is 69.3 cm³/mol. The fourth-order valence-corrected chi connectivity index (χ4v) is 2.58. The van der Waals surface area contributed by atoms with Gasteiger partial charge in [0.25, 0.3) is 0 Å². The molecule has 1 aliphatic carbocycles. The van der Waals surface area contributed by atoms with E-state index in [-0.39, 0.29) is 6.61 Å². The van der Waals surface area contributed by atoms with Gasteiger partial charge in [-0.1, -0.05) is 19.0 Å². The maximum Gasteiger partial charge on any atom is 0.226 e. The summed E-state index contributed by atoms with van der Waals surface area (Å²) >= 11 is 0. The summed E-state index contributed by atoms with van der Waals surface area (Å²) < 4.78 is 5.27. The number of aliphatic hydroxyl groups excluding tert-OH is 1. The lowest BCUT2D eigenvalue weighted by atomic mass is 9.73. The third-order valence-corrected chi connectivity index (χ3v) is 3.99. The third kappa shape index (κ3) is 3.55. The summed E-state index contributed by atoms with van der Waals surface area (Å²) in [7, 11) is 0. The largest absolute Gasteiger partial charge is 0.396 e. The molecule has 4 nitrogen and oxygen atoms in total. The Bertz CT molecular complexity index is 364. The molecule has 0 aliphatic heterocycles. The van der Waals surface area contributed by atoms with E-state index in [1.807, 2.05) is 0 Å². The highest BCUT2D eigenvalue weighted by Crippen LogP contribution is 2.41. The van der Waals surface area contributed by atoms with E-state index in [4.69, 9.17) is 9.63 Å². The van der Waals surface area contributed by atoms with Crippen LogP contribution in [0.15, 0.2) is 4.52 Å². The van der Waals surface area contributed by atoms with Crippen LogP contribution in [0.4, 0.5) is 0 Å². The van der Waals surface area contributed by atoms with Gasteiger partial charge in [-0.3, -0.25) is 0 Å². The summed E-state index contributed by atoms with van der Waals surface area (Å²) in [6.07, 6.45) is 7.32. The number of hydrogen-bond acceptors (Lipinski definition) is 4. The van der Waals surface area contributed by atoms with Gasteiger partial charge in [-0.25, -0.2) is 0 Å². The van der Waals surface area contributed by atoms with E-state index in [1.54, 1.807) is 0 Å². The molecular weight excluding hydrogens is 228 g/mol. The number of aromatic nitrogens is 2. The standard InChI is InChI=1S/C14H24N2O2/c1-14(2)8-6-11(7-9-14)13-15-12(18-16-13)5-3-4-10-17/h11,17H,3-10H2,1-2H3. The van der Waals surface area contributed by atoms with Crippen molar-refractivity contribution in [3.8, 4) is 0 Å². The van der Waals surface area contributed by atoms with E-state index >= 15 is 0 Å². The zero-order chi connectivity index (χ0) is 13.0. The van der Waals surface area contributed by atoms with Crippen LogP contribution in [0.5, 0.6) is 0 Å². The second-order valence-corrected chi connectivity index (χ2v) is 6.17. The number of unbranched alkanes of at least 4 members (excludes halogenated alkanes) is 1. The lowest BCUT2D eigenvalue weighted by Crippen LogP contribution is -2.20. The van der Waals surface area contributed by atoms with Crippen LogP contribution in [0, 0.1) is 5.41 Å². The molecule has 4 heteroatoms. The summed E-state index contributed by atoms with van der Waals surface area (Å²) in [5, 5.41) is 12.9. The molecule has 1 aromatic heterocycles. The molecule has 0 unspecified atom stereocenters. The molecule has 0 aromatic carbocycles. The van der Waals surface area contributed by atoms with Crippen LogP contribution in [-0.4, -0.2) is 21.9 Å². The van der Waals surface area contributed by atoms with E-state index in [1.165, 1.54) is 25.7 Å². The first-order chi connectivity index (χ1) is 8.61. The molecule has 0 radical (unpaired) electrons. The minimum atomic E-state index is 0.235. The molecular formula is C14H24N2O2. The minimum Gasteiger partial charge on any atom is -0.396 e. The number of nitrogens with zero attached hydrogens (tertiary/aromatic N) is 2. The van der Waals surface area contributed by atoms with Crippen LogP contribution in [-0.2, 0) is 6.42 Å². The Morgan fingerprint density at radius 2 is 2.00 bits per heavy atom. The van der Waals surface area contributed by atoms with Crippen LogP contribution in [0.2, 0.25) is 0 Å². The molecule has 1 N–H and O–H groups in total. The second-order valence-electron chi connectivity index (χ2n) is 6.17. The van der Waals surface area contributed by atoms with Crippen LogP contribution < -0.4 is 0 Å². The Labute approximate surface area is 109 Å². The fourth-order valence-electron chi connectivity index (χ4n) is 2.58. The molecule has 1 saturated carbocycles. The van der Waals surface area contributed by atoms with Gasteiger partial charge in [0.1, 0.15) is 0 Å². The molecule has 0 saturated heterocycles. The quantitative estimate of drug-likeness (QED) is 0.818. The van der Waals surface area contributed by atoms with Crippen molar-refractivity contribution in [2.24, 2.45) is 5.41 Å². The van der Waals surface area contributed by atoms with Crippen LogP contribution in [0.3, 0.4) is 0 Å². The molecule has 1 aliphatic rings. The molecule has 0 atom stereocenters. The monoisotopic (exact) mass is 252 g/mol. The average Bonchev–Trinajstić information content (AvgIpc) is 2.78. The van der Waals surface area contributed by atoms with Gasteiger partial charge in [0.15, 0.2) is 5.82 Å². The van der Waals surface area contributed by atoms with E-state index in [0.717, 1.165) is 31.0 Å². The molecule has 18 heavy (non-hydrogen) atoms. The van der Waals surface area contributed by atoms with Gasteiger partial charge < -0.3 is 9.63 Å². The molecule has 1 heterocycles. The Morgan fingerprint density at radius 1 is 1.28 bits per heavy atom. The first kappa shape index (κ1) is 13.5. The number of aryl methyl sites for hydroxylation is 1. The van der Waals surface area contributed by atoms with Crippen molar-refractivity contribution in [3.63, 3.8) is 0 Å². The number of rotatable bonds is 5. The fraction of sp³-hybridized carbons (Fsp3) is 0.857. The zero-order valence-electron chi connectivity index (χ0n) is 11.5. The predicted octanol–water partition coefficient (Wildman–Crippen LogP) is 3.07. The number of hydrogen-bond donors (Lipinski definition) is 1. The first-order valence-corrected chi connectivity index (χ1v) is 7.04. The maximum atomic E-state index is 8.74. The molecule has 1 aromatic rings. The van der Waals surface area contributed by atoms with Gasteiger partial charge in [-0.2, -0.15) is 4.98 Å². The number of aliphatic hydroxyl groups is 1. The molecule has 102 valence electrons. The topological polar surface area (TPSA) is 59.2 Å². The van der Waals surface area contributed by atoms with E-state index in [0.29, 0.717) is 11.3 Å². The maximum absolute atomic E-state index is 8.74. The molecule has 2 rings (SSSR count). The van der Waals surface area contributed by atoms with Crippen molar-refractivity contribution in [3.05, 3.63) is 11.7 Å². The smallest absolute Gasteiger partial charge is 0.226 e. The van der Waals surface area contributed by atoms with Crippen molar-refractivity contribution >= 4 is 0 Å². The summed E-state index contributed by atoms with van der Waals surface area (Å²) in [5.41, 5.74) is 0.476. The van der Waals surface area contributed by atoms with Gasteiger partial charge in [0.2, 0.25) is 5.89 Å². The Hall–Kier alpha value is -0.900. The highest BCUT2D eigenvalue weighted by Gasteiger charge is 2.29. The van der Waals surface area contributed by atoms with E-state index in [9.17, 15) is 0 Å². The van der Waals surface area contributed by atoms with E-state index < -0.39 is 0 Å². The summed E-state index contributed by atoms with van der Waals surface area (Å²) in [6, 6.07) is 0. The molecule has 0 bridgehead atoms. The SMILES string of the molecule is CC1(C)CCC(c2noc(CCCCO)n2)CC1. The van der Waals surface area contributed by atoms with Gasteiger partial charge >= 0.3 is 0 Å². The van der Waals surface area contributed by atoms with Gasteiger partial charge in [0.05, 0.1) is 0 Å².